The van der Waals surface area contributed by atoms with Crippen LogP contribution in [0.25, 0.3) is 0 Å². The van der Waals surface area contributed by atoms with Crippen LogP contribution in [0.3, 0.4) is 0 Å². The molecule has 1 N–H and O–H groups in total. The first-order valence-electron chi connectivity index (χ1n) is 8.92. The molecule has 0 spiro atoms. The van der Waals surface area contributed by atoms with Gasteiger partial charge in [0.15, 0.2) is 17.6 Å². The summed E-state index contributed by atoms with van der Waals surface area (Å²) in [6, 6.07) is 11.5. The summed E-state index contributed by atoms with van der Waals surface area (Å²) in [5, 5.41) is 2.88. The predicted octanol–water partition coefficient (Wildman–Crippen LogP) is 4.30. The molecule has 1 heterocycles. The van der Waals surface area contributed by atoms with E-state index in [0.717, 1.165) is 16.9 Å². The third-order valence-electron chi connectivity index (χ3n) is 4.27. The van der Waals surface area contributed by atoms with E-state index < -0.39 is 6.10 Å². The second-order valence-corrected chi connectivity index (χ2v) is 6.80. The molecular formula is C21H25NO4. The van der Waals surface area contributed by atoms with E-state index in [-0.39, 0.29) is 5.91 Å². The summed E-state index contributed by atoms with van der Waals surface area (Å²) in [7, 11) is 0. The number of amides is 1. The molecule has 0 unspecified atom stereocenters. The van der Waals surface area contributed by atoms with Crippen LogP contribution in [0.15, 0.2) is 36.4 Å². The van der Waals surface area contributed by atoms with Gasteiger partial charge in [-0.05, 0) is 49.1 Å². The minimum Gasteiger partial charge on any atom is -0.486 e. The van der Waals surface area contributed by atoms with E-state index >= 15 is 0 Å². The summed E-state index contributed by atoms with van der Waals surface area (Å²) in [4.78, 5) is 12.5. The number of carbonyl (C=O) groups excluding carboxylic acids is 1. The van der Waals surface area contributed by atoms with E-state index in [0.29, 0.717) is 36.3 Å². The molecule has 1 aliphatic heterocycles. The zero-order chi connectivity index (χ0) is 18.7. The maximum atomic E-state index is 12.5. The van der Waals surface area contributed by atoms with E-state index in [1.807, 2.05) is 13.0 Å². The third kappa shape index (κ3) is 4.10. The topological polar surface area (TPSA) is 56.8 Å². The van der Waals surface area contributed by atoms with E-state index in [4.69, 9.17) is 14.2 Å². The molecule has 1 amide bonds. The van der Waals surface area contributed by atoms with E-state index in [1.54, 1.807) is 25.1 Å². The maximum absolute atomic E-state index is 12.5. The van der Waals surface area contributed by atoms with Crippen molar-refractivity contribution < 1.29 is 19.0 Å². The van der Waals surface area contributed by atoms with Crippen molar-refractivity contribution in [3.63, 3.8) is 0 Å². The van der Waals surface area contributed by atoms with Crippen molar-refractivity contribution in [2.24, 2.45) is 0 Å². The summed E-state index contributed by atoms with van der Waals surface area (Å²) in [5.41, 5.74) is 2.85. The molecule has 5 heteroatoms. The van der Waals surface area contributed by atoms with Gasteiger partial charge in [-0.3, -0.25) is 4.79 Å². The lowest BCUT2D eigenvalue weighted by Crippen LogP contribution is -2.30. The highest BCUT2D eigenvalue weighted by Crippen LogP contribution is 2.33. The summed E-state index contributed by atoms with van der Waals surface area (Å²) in [6.07, 6.45) is -0.623. The Hall–Kier alpha value is -2.69. The first-order chi connectivity index (χ1) is 12.4. The van der Waals surface area contributed by atoms with Gasteiger partial charge in [0.1, 0.15) is 19.0 Å². The highest BCUT2D eigenvalue weighted by Gasteiger charge is 2.19. The second-order valence-electron chi connectivity index (χ2n) is 6.80. The number of carbonyl (C=O) groups is 1. The number of fused-ring (bicyclic) bond motifs is 1. The highest BCUT2D eigenvalue weighted by atomic mass is 16.6. The Labute approximate surface area is 154 Å². The molecule has 3 rings (SSSR count). The fourth-order valence-corrected chi connectivity index (χ4v) is 2.83. The number of aryl methyl sites for hydroxylation is 1. The molecule has 0 bridgehead atoms. The average molecular weight is 355 g/mol. The third-order valence-corrected chi connectivity index (χ3v) is 4.27. The molecule has 26 heavy (non-hydrogen) atoms. The van der Waals surface area contributed by atoms with Crippen molar-refractivity contribution >= 4 is 11.6 Å². The Balaban J connectivity index is 1.70. The Morgan fingerprint density at radius 1 is 1.04 bits per heavy atom. The first kappa shape index (κ1) is 18.1. The van der Waals surface area contributed by atoms with Crippen LogP contribution in [0.4, 0.5) is 5.69 Å². The fourth-order valence-electron chi connectivity index (χ4n) is 2.83. The molecule has 0 saturated carbocycles. The summed E-state index contributed by atoms with van der Waals surface area (Å²) < 4.78 is 17.0. The molecule has 1 aliphatic rings. The molecular weight excluding hydrogens is 330 g/mol. The maximum Gasteiger partial charge on any atom is 0.265 e. The van der Waals surface area contributed by atoms with Crippen LogP contribution in [0.1, 0.15) is 37.8 Å². The molecule has 5 nitrogen and oxygen atoms in total. The molecule has 0 aromatic heterocycles. The van der Waals surface area contributed by atoms with Crippen LogP contribution < -0.4 is 19.5 Å². The van der Waals surface area contributed by atoms with E-state index in [1.165, 1.54) is 0 Å². The Morgan fingerprint density at radius 2 is 1.77 bits per heavy atom. The van der Waals surface area contributed by atoms with E-state index in [2.05, 4.69) is 31.3 Å². The molecule has 0 saturated heterocycles. The standard InChI is InChI=1S/C21H25NO4/c1-13(2)17-7-5-14(3)11-19(17)26-15(4)21(23)22-16-6-8-18-20(12-16)25-10-9-24-18/h5-8,11-13,15H,9-10H2,1-4H3,(H,22,23)/t15-/m1/s1. The predicted molar refractivity (Wildman–Crippen MR) is 101 cm³/mol. The van der Waals surface area contributed by atoms with Gasteiger partial charge in [-0.2, -0.15) is 0 Å². The van der Waals surface area contributed by atoms with Crippen molar-refractivity contribution in [2.45, 2.75) is 39.7 Å². The Bertz CT molecular complexity index is 801. The molecule has 0 aliphatic carbocycles. The van der Waals surface area contributed by atoms with Gasteiger partial charge in [-0.1, -0.05) is 26.0 Å². The lowest BCUT2D eigenvalue weighted by Gasteiger charge is -2.21. The normalized spacial score (nSPS) is 14.0. The van der Waals surface area contributed by atoms with Crippen LogP contribution >= 0.6 is 0 Å². The quantitative estimate of drug-likeness (QED) is 0.869. The number of anilines is 1. The monoisotopic (exact) mass is 355 g/mol. The van der Waals surface area contributed by atoms with Crippen LogP contribution in [0.2, 0.25) is 0 Å². The summed E-state index contributed by atoms with van der Waals surface area (Å²) in [6.45, 7) is 9.03. The van der Waals surface area contributed by atoms with Crippen LogP contribution in [-0.4, -0.2) is 25.2 Å². The van der Waals surface area contributed by atoms with Gasteiger partial charge in [-0.25, -0.2) is 0 Å². The number of benzene rings is 2. The molecule has 138 valence electrons. The highest BCUT2D eigenvalue weighted by molar-refractivity contribution is 5.94. The molecule has 2 aromatic rings. The largest absolute Gasteiger partial charge is 0.486 e. The van der Waals surface area contributed by atoms with E-state index in [9.17, 15) is 4.79 Å². The number of nitrogens with one attached hydrogen (secondary N) is 1. The van der Waals surface area contributed by atoms with Crippen LogP contribution in [-0.2, 0) is 4.79 Å². The molecule has 2 aromatic carbocycles. The van der Waals surface area contributed by atoms with Crippen molar-refractivity contribution in [3.8, 4) is 17.2 Å². The van der Waals surface area contributed by atoms with Gasteiger partial charge >= 0.3 is 0 Å². The molecule has 1 atom stereocenters. The zero-order valence-electron chi connectivity index (χ0n) is 15.7. The first-order valence-corrected chi connectivity index (χ1v) is 8.92. The minimum atomic E-state index is -0.623. The van der Waals surface area contributed by atoms with Crippen molar-refractivity contribution in [1.82, 2.24) is 0 Å². The Kier molecular flexibility index (Phi) is 5.35. The van der Waals surface area contributed by atoms with Gasteiger partial charge < -0.3 is 19.5 Å². The van der Waals surface area contributed by atoms with Crippen LogP contribution in [0, 0.1) is 6.92 Å². The van der Waals surface area contributed by atoms with Gasteiger partial charge in [-0.15, -0.1) is 0 Å². The number of hydrogen-bond acceptors (Lipinski definition) is 4. The molecule has 0 fully saturated rings. The SMILES string of the molecule is Cc1ccc(C(C)C)c(O[C@H](C)C(=O)Nc2ccc3c(c2)OCCO3)c1. The minimum absolute atomic E-state index is 0.210. The van der Waals surface area contributed by atoms with Crippen molar-refractivity contribution in [1.29, 1.82) is 0 Å². The van der Waals surface area contributed by atoms with Gasteiger partial charge in [0.2, 0.25) is 0 Å². The van der Waals surface area contributed by atoms with Gasteiger partial charge in [0.25, 0.3) is 5.91 Å². The van der Waals surface area contributed by atoms with Crippen molar-refractivity contribution in [3.05, 3.63) is 47.5 Å². The summed E-state index contributed by atoms with van der Waals surface area (Å²) >= 11 is 0. The van der Waals surface area contributed by atoms with Crippen molar-refractivity contribution in [2.75, 3.05) is 18.5 Å². The number of hydrogen-bond donors (Lipinski definition) is 1. The van der Waals surface area contributed by atoms with Gasteiger partial charge in [0, 0.05) is 11.8 Å². The fraction of sp³-hybridized carbons (Fsp3) is 0.381. The van der Waals surface area contributed by atoms with Gasteiger partial charge in [0.05, 0.1) is 0 Å². The summed E-state index contributed by atoms with van der Waals surface area (Å²) in [5.74, 6) is 2.20. The Morgan fingerprint density at radius 3 is 2.50 bits per heavy atom. The lowest BCUT2D eigenvalue weighted by atomic mass is 10.0. The second kappa shape index (κ2) is 7.68. The zero-order valence-corrected chi connectivity index (χ0v) is 15.7. The molecule has 0 radical (unpaired) electrons. The smallest absolute Gasteiger partial charge is 0.265 e. The number of ether oxygens (including phenoxy) is 3. The number of rotatable bonds is 5. The average Bonchev–Trinajstić information content (AvgIpc) is 2.61. The lowest BCUT2D eigenvalue weighted by molar-refractivity contribution is -0.122. The van der Waals surface area contributed by atoms with Crippen LogP contribution in [0.5, 0.6) is 17.2 Å².